The first-order valence-electron chi connectivity index (χ1n) is 9.43. The van der Waals surface area contributed by atoms with Gasteiger partial charge < -0.3 is 15.4 Å². The van der Waals surface area contributed by atoms with Crippen molar-refractivity contribution >= 4 is 17.3 Å². The van der Waals surface area contributed by atoms with Gasteiger partial charge in [0.2, 0.25) is 0 Å². The van der Waals surface area contributed by atoms with E-state index >= 15 is 0 Å². The second-order valence-corrected chi connectivity index (χ2v) is 8.03. The molecule has 1 unspecified atom stereocenters. The Labute approximate surface area is 165 Å². The van der Waals surface area contributed by atoms with Crippen LogP contribution in [0.3, 0.4) is 0 Å². The van der Waals surface area contributed by atoms with Crippen molar-refractivity contribution in [3.05, 3.63) is 45.9 Å². The fourth-order valence-electron chi connectivity index (χ4n) is 3.42. The molecular weight excluding hydrogens is 358 g/mol. The van der Waals surface area contributed by atoms with E-state index in [1.807, 2.05) is 12.3 Å². The van der Waals surface area contributed by atoms with E-state index in [0.29, 0.717) is 12.6 Å². The maximum Gasteiger partial charge on any atom is 0.191 e. The Balaban J connectivity index is 1.64. The van der Waals surface area contributed by atoms with Crippen LogP contribution in [0.2, 0.25) is 0 Å². The van der Waals surface area contributed by atoms with Crippen molar-refractivity contribution in [2.24, 2.45) is 4.99 Å². The van der Waals surface area contributed by atoms with Crippen LogP contribution < -0.4 is 15.4 Å². The number of methoxy groups -OCH3 is 1. The maximum absolute atomic E-state index is 5.42. The second-order valence-electron chi connectivity index (χ2n) is 6.71. The molecule has 7 heteroatoms. The molecule has 6 nitrogen and oxygen atoms in total. The topological polar surface area (TPSA) is 61.8 Å². The minimum Gasteiger partial charge on any atom is -0.497 e. The van der Waals surface area contributed by atoms with Gasteiger partial charge >= 0.3 is 0 Å². The molecule has 3 rings (SSSR count). The van der Waals surface area contributed by atoms with Gasteiger partial charge in [0.05, 0.1) is 19.7 Å². The van der Waals surface area contributed by atoms with Gasteiger partial charge in [0, 0.05) is 24.7 Å². The first-order chi connectivity index (χ1) is 13.2. The van der Waals surface area contributed by atoms with Gasteiger partial charge in [-0.25, -0.2) is 4.98 Å². The average Bonchev–Trinajstić information content (AvgIpc) is 3.36. The van der Waals surface area contributed by atoms with Gasteiger partial charge in [-0.05, 0) is 50.6 Å². The molecule has 1 aliphatic heterocycles. The highest BCUT2D eigenvalue weighted by Gasteiger charge is 2.24. The second kappa shape index (κ2) is 9.71. The molecule has 2 aromatic rings. The van der Waals surface area contributed by atoms with Crippen molar-refractivity contribution in [3.63, 3.8) is 0 Å². The van der Waals surface area contributed by atoms with Crippen LogP contribution in [-0.4, -0.2) is 49.6 Å². The number of hydrogen-bond acceptors (Lipinski definition) is 5. The summed E-state index contributed by atoms with van der Waals surface area (Å²) in [7, 11) is 3.52. The Hall–Kier alpha value is -2.12. The number of benzene rings is 1. The molecule has 1 saturated heterocycles. The molecule has 0 amide bonds. The van der Waals surface area contributed by atoms with Crippen LogP contribution in [0.25, 0.3) is 0 Å². The van der Waals surface area contributed by atoms with Crippen molar-refractivity contribution < 1.29 is 4.74 Å². The Morgan fingerprint density at radius 1 is 1.33 bits per heavy atom. The summed E-state index contributed by atoms with van der Waals surface area (Å²) in [5.74, 6) is 1.70. The van der Waals surface area contributed by atoms with Gasteiger partial charge in [-0.3, -0.25) is 9.89 Å². The summed E-state index contributed by atoms with van der Waals surface area (Å²) in [5.41, 5.74) is 1.27. The van der Waals surface area contributed by atoms with Crippen LogP contribution in [-0.2, 0) is 6.54 Å². The van der Waals surface area contributed by atoms with Crippen LogP contribution in [0.4, 0.5) is 0 Å². The van der Waals surface area contributed by atoms with Crippen LogP contribution >= 0.6 is 11.3 Å². The minimum absolute atomic E-state index is 0.295. The molecule has 146 valence electrons. The van der Waals surface area contributed by atoms with Crippen molar-refractivity contribution in [2.75, 3.05) is 33.8 Å². The third-order valence-corrected chi connectivity index (χ3v) is 5.74. The quantitative estimate of drug-likeness (QED) is 0.565. The molecule has 1 aromatic carbocycles. The first kappa shape index (κ1) is 19.6. The normalized spacial score (nSPS) is 16.3. The van der Waals surface area contributed by atoms with Crippen LogP contribution in [0.5, 0.6) is 5.75 Å². The molecule has 2 heterocycles. The molecule has 0 radical (unpaired) electrons. The predicted molar refractivity (Wildman–Crippen MR) is 112 cm³/mol. The fraction of sp³-hybridized carbons (Fsp3) is 0.500. The van der Waals surface area contributed by atoms with Gasteiger partial charge in [0.15, 0.2) is 5.96 Å². The molecule has 0 bridgehead atoms. The summed E-state index contributed by atoms with van der Waals surface area (Å²) in [6, 6.07) is 8.67. The Bertz CT molecular complexity index is 754. The molecular formula is C20H29N5OS. The summed E-state index contributed by atoms with van der Waals surface area (Å²) >= 11 is 1.71. The van der Waals surface area contributed by atoms with E-state index < -0.39 is 0 Å². The van der Waals surface area contributed by atoms with Crippen molar-refractivity contribution in [1.82, 2.24) is 20.5 Å². The zero-order chi connectivity index (χ0) is 19.1. The van der Waals surface area contributed by atoms with Gasteiger partial charge in [-0.2, -0.15) is 0 Å². The summed E-state index contributed by atoms with van der Waals surface area (Å²) in [6.45, 7) is 5.82. The minimum atomic E-state index is 0.295. The summed E-state index contributed by atoms with van der Waals surface area (Å²) in [6.07, 6.45) is 4.43. The highest BCUT2D eigenvalue weighted by atomic mass is 32.1. The Kier molecular flexibility index (Phi) is 7.06. The summed E-state index contributed by atoms with van der Waals surface area (Å²) in [4.78, 5) is 12.5. The highest BCUT2D eigenvalue weighted by Crippen LogP contribution is 2.27. The lowest BCUT2D eigenvalue weighted by molar-refractivity contribution is 0.245. The third-order valence-electron chi connectivity index (χ3n) is 4.82. The Morgan fingerprint density at radius 2 is 2.15 bits per heavy atom. The molecule has 1 aromatic heterocycles. The van der Waals surface area contributed by atoms with Crippen LogP contribution in [0.15, 0.2) is 35.5 Å². The molecule has 1 fully saturated rings. The largest absolute Gasteiger partial charge is 0.497 e. The number of likely N-dealkylation sites (tertiary alicyclic amines) is 1. The van der Waals surface area contributed by atoms with E-state index in [9.17, 15) is 0 Å². The fourth-order valence-corrected chi connectivity index (χ4v) is 4.14. The van der Waals surface area contributed by atoms with Crippen LogP contribution in [0, 0.1) is 6.92 Å². The third kappa shape index (κ3) is 5.43. The Morgan fingerprint density at radius 3 is 2.81 bits per heavy atom. The highest BCUT2D eigenvalue weighted by molar-refractivity contribution is 7.11. The first-order valence-corrected chi connectivity index (χ1v) is 10.2. The molecule has 1 atom stereocenters. The number of aromatic nitrogens is 1. The lowest BCUT2D eigenvalue weighted by Gasteiger charge is -2.29. The molecule has 0 saturated carbocycles. The van der Waals surface area contributed by atoms with E-state index in [0.717, 1.165) is 36.4 Å². The van der Waals surface area contributed by atoms with Gasteiger partial charge in [-0.1, -0.05) is 12.1 Å². The van der Waals surface area contributed by atoms with Crippen LogP contribution in [0.1, 0.15) is 34.3 Å². The van der Waals surface area contributed by atoms with E-state index in [4.69, 9.17) is 4.74 Å². The monoisotopic (exact) mass is 387 g/mol. The number of aryl methyl sites for hydroxylation is 1. The number of ether oxygens (including phenoxy) is 1. The van der Waals surface area contributed by atoms with Gasteiger partial charge in [0.1, 0.15) is 10.8 Å². The molecule has 0 aliphatic carbocycles. The number of rotatable bonds is 7. The molecule has 2 N–H and O–H groups in total. The predicted octanol–water partition coefficient (Wildman–Crippen LogP) is 2.96. The van der Waals surface area contributed by atoms with Crippen molar-refractivity contribution in [1.29, 1.82) is 0 Å². The number of nitrogens with one attached hydrogen (secondary N) is 2. The number of guanidine groups is 1. The molecule has 1 aliphatic rings. The lowest BCUT2D eigenvalue weighted by Crippen LogP contribution is -2.42. The smallest absolute Gasteiger partial charge is 0.191 e. The van der Waals surface area contributed by atoms with Crippen molar-refractivity contribution in [3.8, 4) is 5.75 Å². The van der Waals surface area contributed by atoms with Crippen molar-refractivity contribution in [2.45, 2.75) is 32.4 Å². The van der Waals surface area contributed by atoms with Gasteiger partial charge in [0.25, 0.3) is 0 Å². The van der Waals surface area contributed by atoms with Gasteiger partial charge in [-0.15, -0.1) is 11.3 Å². The molecule has 0 spiro atoms. The van der Waals surface area contributed by atoms with E-state index in [2.05, 4.69) is 50.6 Å². The zero-order valence-electron chi connectivity index (χ0n) is 16.4. The number of nitrogens with zero attached hydrogens (tertiary/aromatic N) is 3. The summed E-state index contributed by atoms with van der Waals surface area (Å²) in [5, 5.41) is 7.92. The summed E-state index contributed by atoms with van der Waals surface area (Å²) < 4.78 is 5.42. The standard InChI is InChI=1S/C20H29N5OS/c1-15-12-22-19(27-15)14-24-20(21-2)23-13-18(25-9-4-5-10-25)16-7-6-8-17(11-16)26-3/h6-8,11-12,18H,4-5,9-10,13-14H2,1-3H3,(H2,21,23,24). The lowest BCUT2D eigenvalue weighted by atomic mass is 10.1. The SMILES string of the molecule is CN=C(NCc1ncc(C)s1)NCC(c1cccc(OC)c1)N1CCCC1. The molecule has 27 heavy (non-hydrogen) atoms. The maximum atomic E-state index is 5.42. The van der Waals surface area contributed by atoms with E-state index in [1.54, 1.807) is 25.5 Å². The average molecular weight is 388 g/mol. The number of aliphatic imine (C=N–C) groups is 1. The number of thiazole rings is 1. The van der Waals surface area contributed by atoms with E-state index in [1.165, 1.54) is 23.3 Å². The van der Waals surface area contributed by atoms with E-state index in [-0.39, 0.29) is 0 Å². The number of hydrogen-bond donors (Lipinski definition) is 2. The zero-order valence-corrected chi connectivity index (χ0v) is 17.2.